The first-order chi connectivity index (χ1) is 19.7. The molecule has 0 unspecified atom stereocenters. The van der Waals surface area contributed by atoms with Crippen LogP contribution in [0.25, 0.3) is 11.3 Å². The number of benzene rings is 2. The SMILES string of the molecule is O=C1CN2CCN(CC2)Cc2cc(ccc2N2CCOCC2)Nc2nccc(n2)-c2ccc(cc2)CNCCN1. The summed E-state index contributed by atoms with van der Waals surface area (Å²) in [5.74, 6) is 0.673. The van der Waals surface area contributed by atoms with Gasteiger partial charge in [-0.2, -0.15) is 0 Å². The number of ether oxygens (including phenoxy) is 1. The highest BCUT2D eigenvalue weighted by Gasteiger charge is 2.22. The van der Waals surface area contributed by atoms with E-state index in [0.29, 0.717) is 19.0 Å². The molecule has 0 saturated carbocycles. The minimum absolute atomic E-state index is 0.0919. The van der Waals surface area contributed by atoms with Crippen molar-refractivity contribution < 1.29 is 9.53 Å². The number of anilines is 3. The Morgan fingerprint density at radius 3 is 2.40 bits per heavy atom. The molecule has 2 saturated heterocycles. The smallest absolute Gasteiger partial charge is 0.234 e. The molecular weight excluding hydrogens is 504 g/mol. The maximum atomic E-state index is 12.5. The number of carbonyl (C=O) groups is 1. The highest BCUT2D eigenvalue weighted by molar-refractivity contribution is 5.78. The van der Waals surface area contributed by atoms with Gasteiger partial charge in [0.1, 0.15) is 0 Å². The maximum absolute atomic E-state index is 12.5. The highest BCUT2D eigenvalue weighted by atomic mass is 16.5. The Bertz CT molecular complexity index is 1290. The molecule has 10 heteroatoms. The number of hydrogen-bond acceptors (Lipinski definition) is 9. The number of rotatable bonds is 1. The van der Waals surface area contributed by atoms with Gasteiger partial charge in [-0.1, -0.05) is 24.3 Å². The summed E-state index contributed by atoms with van der Waals surface area (Å²) in [7, 11) is 0. The number of carbonyl (C=O) groups excluding carboxylic acids is 1. The lowest BCUT2D eigenvalue weighted by molar-refractivity contribution is -0.122. The van der Waals surface area contributed by atoms with Crippen molar-refractivity contribution in [1.29, 1.82) is 0 Å². The number of hydrogen-bond donors (Lipinski definition) is 3. The van der Waals surface area contributed by atoms with E-state index in [1.807, 2.05) is 6.07 Å². The largest absolute Gasteiger partial charge is 0.378 e. The monoisotopic (exact) mass is 542 g/mol. The highest BCUT2D eigenvalue weighted by Crippen LogP contribution is 2.29. The van der Waals surface area contributed by atoms with Gasteiger partial charge in [-0.05, 0) is 35.4 Å². The molecule has 0 atom stereocenters. The van der Waals surface area contributed by atoms with E-state index in [4.69, 9.17) is 9.72 Å². The van der Waals surface area contributed by atoms with E-state index >= 15 is 0 Å². The van der Waals surface area contributed by atoms with Crippen LogP contribution < -0.4 is 20.9 Å². The van der Waals surface area contributed by atoms with Gasteiger partial charge in [0, 0.05) is 88.6 Å². The van der Waals surface area contributed by atoms with E-state index in [1.165, 1.54) is 16.8 Å². The van der Waals surface area contributed by atoms with E-state index in [1.54, 1.807) is 6.20 Å². The second-order valence-electron chi connectivity index (χ2n) is 10.6. The zero-order valence-corrected chi connectivity index (χ0v) is 22.9. The lowest BCUT2D eigenvalue weighted by Crippen LogP contribution is -2.49. The number of piperazine rings is 1. The van der Waals surface area contributed by atoms with Gasteiger partial charge in [0.05, 0.1) is 25.5 Å². The standard InChI is InChI=1S/C30H38N8O2/c39-29-22-37-13-11-36(12-14-37)21-25-19-26(5-6-28(25)38-15-17-40-18-16-38)34-30-33-8-7-27(35-30)24-3-1-23(2-4-24)20-31-9-10-32-29/h1-8,19,31H,9-18,20-22H2,(H,32,39)(H,33,34,35). The van der Waals surface area contributed by atoms with Gasteiger partial charge >= 0.3 is 0 Å². The Kier molecular flexibility index (Phi) is 8.48. The first-order valence-corrected chi connectivity index (χ1v) is 14.3. The Morgan fingerprint density at radius 1 is 0.825 bits per heavy atom. The van der Waals surface area contributed by atoms with E-state index in [-0.39, 0.29) is 5.91 Å². The Labute approximate surface area is 235 Å². The summed E-state index contributed by atoms with van der Waals surface area (Å²) in [5, 5.41) is 9.93. The molecule has 1 amide bonds. The van der Waals surface area contributed by atoms with E-state index in [2.05, 4.69) is 78.1 Å². The predicted molar refractivity (Wildman–Crippen MR) is 157 cm³/mol. The molecular formula is C30H38N8O2. The van der Waals surface area contributed by atoms with Crippen LogP contribution in [0, 0.1) is 0 Å². The fourth-order valence-electron chi connectivity index (χ4n) is 5.53. The molecule has 10 nitrogen and oxygen atoms in total. The number of nitrogens with zero attached hydrogens (tertiary/aromatic N) is 5. The Morgan fingerprint density at radius 2 is 1.60 bits per heavy atom. The van der Waals surface area contributed by atoms with E-state index in [0.717, 1.165) is 89.1 Å². The number of aromatic nitrogens is 2. The summed E-state index contributed by atoms with van der Waals surface area (Å²) in [6, 6.07) is 16.9. The number of amides is 1. The fraction of sp³-hybridized carbons (Fsp3) is 0.433. The van der Waals surface area contributed by atoms with Crippen LogP contribution in [0.4, 0.5) is 17.3 Å². The molecule has 40 heavy (non-hydrogen) atoms. The molecule has 0 aliphatic carbocycles. The topological polar surface area (TPSA) is 97.9 Å². The first-order valence-electron chi connectivity index (χ1n) is 14.3. The molecule has 9 rings (SSSR count). The van der Waals surface area contributed by atoms with Crippen LogP contribution in [0.1, 0.15) is 11.1 Å². The average molecular weight is 543 g/mol. The molecule has 3 aromatic rings. The lowest BCUT2D eigenvalue weighted by Gasteiger charge is -2.36. The van der Waals surface area contributed by atoms with Crippen LogP contribution in [-0.4, -0.2) is 97.8 Å². The third-order valence-electron chi connectivity index (χ3n) is 7.77. The van der Waals surface area contributed by atoms with Gasteiger partial charge < -0.3 is 25.6 Å². The van der Waals surface area contributed by atoms with E-state index < -0.39 is 0 Å². The quantitative estimate of drug-likeness (QED) is 0.427. The van der Waals surface area contributed by atoms with Crippen molar-refractivity contribution in [3.63, 3.8) is 0 Å². The molecule has 2 aromatic carbocycles. The second-order valence-corrected chi connectivity index (χ2v) is 10.6. The van der Waals surface area contributed by atoms with Crippen LogP contribution >= 0.6 is 0 Å². The third-order valence-corrected chi connectivity index (χ3v) is 7.77. The van der Waals surface area contributed by atoms with Crippen LogP contribution in [0.3, 0.4) is 0 Å². The molecule has 2 fully saturated rings. The molecule has 0 radical (unpaired) electrons. The van der Waals surface area contributed by atoms with Crippen molar-refractivity contribution in [3.05, 3.63) is 65.9 Å². The minimum Gasteiger partial charge on any atom is -0.378 e. The van der Waals surface area contributed by atoms with Crippen LogP contribution in [-0.2, 0) is 22.6 Å². The van der Waals surface area contributed by atoms with E-state index in [9.17, 15) is 4.79 Å². The predicted octanol–water partition coefficient (Wildman–Crippen LogP) is 2.06. The van der Waals surface area contributed by atoms with Crippen molar-refractivity contribution in [2.24, 2.45) is 0 Å². The van der Waals surface area contributed by atoms with Gasteiger partial charge in [-0.25, -0.2) is 9.97 Å². The molecule has 7 heterocycles. The number of nitrogens with one attached hydrogen (secondary N) is 3. The lowest BCUT2D eigenvalue weighted by atomic mass is 10.1. The van der Waals surface area contributed by atoms with Crippen LogP contribution in [0.5, 0.6) is 0 Å². The average Bonchev–Trinajstić information content (AvgIpc) is 2.99. The molecule has 210 valence electrons. The molecule has 3 N–H and O–H groups in total. The van der Waals surface area contributed by atoms with Crippen LogP contribution in [0.2, 0.25) is 0 Å². The third kappa shape index (κ3) is 6.76. The molecule has 8 bridgehead atoms. The Hall–Kier alpha value is -3.57. The fourth-order valence-corrected chi connectivity index (χ4v) is 5.53. The normalized spacial score (nSPS) is 22.4. The van der Waals surface area contributed by atoms with Crippen molar-refractivity contribution in [2.75, 3.05) is 82.3 Å². The van der Waals surface area contributed by atoms with Crippen LogP contribution in [0.15, 0.2) is 54.7 Å². The van der Waals surface area contributed by atoms with Crippen molar-refractivity contribution in [1.82, 2.24) is 30.4 Å². The molecule has 0 spiro atoms. The summed E-state index contributed by atoms with van der Waals surface area (Å²) in [6.07, 6.45) is 1.80. The number of morpholine rings is 1. The molecule has 6 aliphatic heterocycles. The van der Waals surface area contributed by atoms with Crippen molar-refractivity contribution >= 4 is 23.2 Å². The maximum Gasteiger partial charge on any atom is 0.234 e. The van der Waals surface area contributed by atoms with Gasteiger partial charge in [0.25, 0.3) is 0 Å². The minimum atomic E-state index is 0.0919. The van der Waals surface area contributed by atoms with Crippen molar-refractivity contribution in [2.45, 2.75) is 13.1 Å². The first kappa shape index (κ1) is 26.6. The summed E-state index contributed by atoms with van der Waals surface area (Å²) >= 11 is 0. The summed E-state index contributed by atoms with van der Waals surface area (Å²) < 4.78 is 5.62. The summed E-state index contributed by atoms with van der Waals surface area (Å²) in [4.78, 5) is 29.0. The van der Waals surface area contributed by atoms with Gasteiger partial charge in [-0.3, -0.25) is 14.6 Å². The zero-order chi connectivity index (χ0) is 27.1. The summed E-state index contributed by atoms with van der Waals surface area (Å²) in [6.45, 7) is 10.3. The Balaban J connectivity index is 1.27. The van der Waals surface area contributed by atoms with Gasteiger partial charge in [0.2, 0.25) is 11.9 Å². The molecule has 6 aliphatic rings. The van der Waals surface area contributed by atoms with Crippen molar-refractivity contribution in [3.8, 4) is 11.3 Å². The van der Waals surface area contributed by atoms with Gasteiger partial charge in [0.15, 0.2) is 0 Å². The molecule has 1 aromatic heterocycles. The second kappa shape index (κ2) is 12.7. The van der Waals surface area contributed by atoms with Gasteiger partial charge in [-0.15, -0.1) is 0 Å². The zero-order valence-electron chi connectivity index (χ0n) is 22.9. The summed E-state index contributed by atoms with van der Waals surface area (Å²) in [5.41, 5.74) is 6.61.